The minimum atomic E-state index is 0.0752. The van der Waals surface area contributed by atoms with Gasteiger partial charge in [0.1, 0.15) is 5.82 Å². The van der Waals surface area contributed by atoms with Crippen LogP contribution in [0.3, 0.4) is 0 Å². The summed E-state index contributed by atoms with van der Waals surface area (Å²) in [6.07, 6.45) is 4.16. The van der Waals surface area contributed by atoms with Crippen LogP contribution < -0.4 is 5.73 Å². The molecule has 72 valence electrons. The fourth-order valence-corrected chi connectivity index (χ4v) is 1.40. The summed E-state index contributed by atoms with van der Waals surface area (Å²) in [7, 11) is 0. The van der Waals surface area contributed by atoms with Gasteiger partial charge in [0.15, 0.2) is 0 Å². The molecule has 0 bridgehead atoms. The van der Waals surface area contributed by atoms with E-state index in [4.69, 9.17) is 17.3 Å². The van der Waals surface area contributed by atoms with E-state index in [-0.39, 0.29) is 12.0 Å². The molecule has 0 radical (unpaired) electrons. The zero-order valence-corrected chi connectivity index (χ0v) is 8.62. The van der Waals surface area contributed by atoms with Gasteiger partial charge < -0.3 is 5.73 Å². The van der Waals surface area contributed by atoms with Crippen molar-refractivity contribution >= 4 is 11.6 Å². The highest BCUT2D eigenvalue weighted by molar-refractivity contribution is 6.30. The molecule has 13 heavy (non-hydrogen) atoms. The van der Waals surface area contributed by atoms with E-state index in [0.29, 0.717) is 5.02 Å². The molecule has 1 aromatic heterocycles. The van der Waals surface area contributed by atoms with Crippen LogP contribution in [-0.4, -0.2) is 16.0 Å². The van der Waals surface area contributed by atoms with E-state index in [1.165, 1.54) is 0 Å². The second-order valence-electron chi connectivity index (χ2n) is 3.13. The number of nitrogens with zero attached hydrogens (tertiary/aromatic N) is 2. The van der Waals surface area contributed by atoms with Crippen LogP contribution in [-0.2, 0) is 0 Å². The van der Waals surface area contributed by atoms with Gasteiger partial charge >= 0.3 is 0 Å². The van der Waals surface area contributed by atoms with E-state index in [1.54, 1.807) is 12.4 Å². The summed E-state index contributed by atoms with van der Waals surface area (Å²) in [5.41, 5.74) is 5.80. The molecule has 1 aromatic rings. The van der Waals surface area contributed by atoms with Crippen LogP contribution in [0.2, 0.25) is 5.02 Å². The lowest BCUT2D eigenvalue weighted by Crippen LogP contribution is -2.25. The molecule has 0 aromatic carbocycles. The normalized spacial score (nSPS) is 15.4. The Morgan fingerprint density at radius 3 is 2.38 bits per heavy atom. The van der Waals surface area contributed by atoms with Crippen LogP contribution in [0.4, 0.5) is 0 Å². The van der Waals surface area contributed by atoms with Crippen molar-refractivity contribution in [1.29, 1.82) is 0 Å². The Morgan fingerprint density at radius 2 is 2.00 bits per heavy atom. The zero-order chi connectivity index (χ0) is 9.84. The third-order valence-corrected chi connectivity index (χ3v) is 2.24. The monoisotopic (exact) mass is 199 g/mol. The quantitative estimate of drug-likeness (QED) is 0.810. The van der Waals surface area contributed by atoms with Crippen molar-refractivity contribution in [3.63, 3.8) is 0 Å². The number of nitrogens with two attached hydrogens (primary N) is 1. The van der Waals surface area contributed by atoms with Crippen molar-refractivity contribution in [2.24, 2.45) is 5.73 Å². The third kappa shape index (κ3) is 2.64. The molecular formula is C9H14ClN3. The highest BCUT2D eigenvalue weighted by Gasteiger charge is 2.16. The average Bonchev–Trinajstić information content (AvgIpc) is 2.09. The van der Waals surface area contributed by atoms with Crippen molar-refractivity contribution in [1.82, 2.24) is 9.97 Å². The number of hydrogen-bond acceptors (Lipinski definition) is 3. The molecule has 3 nitrogen and oxygen atoms in total. The van der Waals surface area contributed by atoms with Gasteiger partial charge in [-0.25, -0.2) is 9.97 Å². The van der Waals surface area contributed by atoms with Crippen molar-refractivity contribution < 1.29 is 0 Å². The highest BCUT2D eigenvalue weighted by Crippen LogP contribution is 2.18. The van der Waals surface area contributed by atoms with Gasteiger partial charge in [0, 0.05) is 24.4 Å². The second kappa shape index (κ2) is 4.53. The summed E-state index contributed by atoms with van der Waals surface area (Å²) < 4.78 is 0. The Kier molecular flexibility index (Phi) is 3.63. The Balaban J connectivity index is 2.86. The first-order valence-electron chi connectivity index (χ1n) is 4.38. The summed E-state index contributed by atoms with van der Waals surface area (Å²) in [6.45, 7) is 4.04. The van der Waals surface area contributed by atoms with Gasteiger partial charge in [-0.2, -0.15) is 0 Å². The number of aromatic nitrogens is 2. The maximum atomic E-state index is 5.80. The van der Waals surface area contributed by atoms with Crippen LogP contribution >= 0.6 is 11.6 Å². The Morgan fingerprint density at radius 1 is 1.46 bits per heavy atom. The molecule has 0 fully saturated rings. The van der Waals surface area contributed by atoms with E-state index >= 15 is 0 Å². The molecule has 0 aliphatic heterocycles. The fourth-order valence-electron chi connectivity index (χ4n) is 1.30. The van der Waals surface area contributed by atoms with E-state index < -0.39 is 0 Å². The van der Waals surface area contributed by atoms with E-state index in [2.05, 4.69) is 16.9 Å². The summed E-state index contributed by atoms with van der Waals surface area (Å²) in [6, 6.07) is 0.0752. The number of halogens is 1. The molecule has 2 atom stereocenters. The minimum absolute atomic E-state index is 0.0752. The molecule has 4 heteroatoms. The predicted molar refractivity (Wildman–Crippen MR) is 53.7 cm³/mol. The third-order valence-electron chi connectivity index (χ3n) is 2.05. The molecule has 0 aliphatic rings. The van der Waals surface area contributed by atoms with Crippen LogP contribution in [0.15, 0.2) is 12.4 Å². The van der Waals surface area contributed by atoms with Crippen LogP contribution in [0.25, 0.3) is 0 Å². The first-order valence-corrected chi connectivity index (χ1v) is 4.76. The molecule has 1 rings (SSSR count). The molecule has 0 saturated carbocycles. The lowest BCUT2D eigenvalue weighted by atomic mass is 9.98. The molecule has 0 aliphatic carbocycles. The minimum Gasteiger partial charge on any atom is -0.327 e. The maximum Gasteiger partial charge on any atom is 0.132 e. The molecular weight excluding hydrogens is 186 g/mol. The van der Waals surface area contributed by atoms with Crippen LogP contribution in [0, 0.1) is 0 Å². The van der Waals surface area contributed by atoms with Gasteiger partial charge in [0.2, 0.25) is 0 Å². The molecule has 0 amide bonds. The second-order valence-corrected chi connectivity index (χ2v) is 3.57. The SMILES string of the molecule is CCC(c1ncc(Cl)cn1)C(C)N. The van der Waals surface area contributed by atoms with Gasteiger partial charge in [-0.15, -0.1) is 0 Å². The van der Waals surface area contributed by atoms with Crippen molar-refractivity contribution in [3.8, 4) is 0 Å². The lowest BCUT2D eigenvalue weighted by Gasteiger charge is -2.16. The Hall–Kier alpha value is -0.670. The van der Waals surface area contributed by atoms with Crippen LogP contribution in [0.5, 0.6) is 0 Å². The number of rotatable bonds is 3. The lowest BCUT2D eigenvalue weighted by molar-refractivity contribution is 0.525. The smallest absolute Gasteiger partial charge is 0.132 e. The molecule has 0 spiro atoms. The van der Waals surface area contributed by atoms with Gasteiger partial charge in [-0.05, 0) is 13.3 Å². The highest BCUT2D eigenvalue weighted by atomic mass is 35.5. The Labute approximate surface area is 83.3 Å². The van der Waals surface area contributed by atoms with Gasteiger partial charge in [0.25, 0.3) is 0 Å². The van der Waals surface area contributed by atoms with Crippen molar-refractivity contribution in [3.05, 3.63) is 23.2 Å². The molecule has 0 saturated heterocycles. The average molecular weight is 200 g/mol. The first kappa shape index (κ1) is 10.4. The van der Waals surface area contributed by atoms with Gasteiger partial charge in [-0.3, -0.25) is 0 Å². The summed E-state index contributed by atoms with van der Waals surface area (Å²) in [4.78, 5) is 8.30. The summed E-state index contributed by atoms with van der Waals surface area (Å²) >= 11 is 5.68. The largest absolute Gasteiger partial charge is 0.327 e. The number of hydrogen-bond donors (Lipinski definition) is 1. The van der Waals surface area contributed by atoms with E-state index in [9.17, 15) is 0 Å². The topological polar surface area (TPSA) is 51.8 Å². The molecule has 1 heterocycles. The van der Waals surface area contributed by atoms with Crippen molar-refractivity contribution in [2.75, 3.05) is 0 Å². The Bertz CT molecular complexity index is 258. The molecule has 2 unspecified atom stereocenters. The van der Waals surface area contributed by atoms with Gasteiger partial charge in [0.05, 0.1) is 5.02 Å². The fraction of sp³-hybridized carbons (Fsp3) is 0.556. The van der Waals surface area contributed by atoms with Gasteiger partial charge in [-0.1, -0.05) is 18.5 Å². The van der Waals surface area contributed by atoms with E-state index in [1.807, 2.05) is 6.92 Å². The summed E-state index contributed by atoms with van der Waals surface area (Å²) in [5, 5.41) is 0.559. The van der Waals surface area contributed by atoms with Crippen LogP contribution in [0.1, 0.15) is 32.0 Å². The summed E-state index contributed by atoms with van der Waals surface area (Å²) in [5.74, 6) is 0.999. The standard InChI is InChI=1S/C9H14ClN3/c1-3-8(6(2)11)9-12-4-7(10)5-13-9/h4-6,8H,3,11H2,1-2H3. The zero-order valence-electron chi connectivity index (χ0n) is 7.87. The molecule has 2 N–H and O–H groups in total. The van der Waals surface area contributed by atoms with E-state index in [0.717, 1.165) is 12.2 Å². The predicted octanol–water partition coefficient (Wildman–Crippen LogP) is 1.97. The maximum absolute atomic E-state index is 5.80. The first-order chi connectivity index (χ1) is 6.15. The van der Waals surface area contributed by atoms with Crippen molar-refractivity contribution in [2.45, 2.75) is 32.2 Å².